The van der Waals surface area contributed by atoms with Gasteiger partial charge in [-0.2, -0.15) is 5.10 Å². The van der Waals surface area contributed by atoms with Crippen LogP contribution in [0.15, 0.2) is 47.6 Å². The molecule has 1 aromatic carbocycles. The molecular formula is C15H16N4O2S. The second kappa shape index (κ2) is 5.84. The van der Waals surface area contributed by atoms with E-state index in [1.54, 1.807) is 17.8 Å². The lowest BCUT2D eigenvalue weighted by atomic mass is 10.1. The highest BCUT2D eigenvalue weighted by Crippen LogP contribution is 2.42. The summed E-state index contributed by atoms with van der Waals surface area (Å²) in [6.45, 7) is 2.63. The third-order valence-electron chi connectivity index (χ3n) is 3.50. The van der Waals surface area contributed by atoms with Crippen LogP contribution in [0.2, 0.25) is 0 Å². The predicted octanol–water partition coefficient (Wildman–Crippen LogP) is 1.50. The van der Waals surface area contributed by atoms with Crippen molar-refractivity contribution in [3.05, 3.63) is 42.7 Å². The van der Waals surface area contributed by atoms with Crippen molar-refractivity contribution in [2.24, 2.45) is 0 Å². The lowest BCUT2D eigenvalue weighted by Gasteiger charge is -2.31. The van der Waals surface area contributed by atoms with E-state index in [0.29, 0.717) is 13.1 Å². The third-order valence-corrected chi connectivity index (χ3v) is 4.86. The Balaban J connectivity index is 1.67. The minimum atomic E-state index is -1.17. The Bertz CT molecular complexity index is 701. The molecule has 2 aromatic rings. The molecule has 0 bridgehead atoms. The molecule has 0 fully saturated rings. The van der Waals surface area contributed by atoms with E-state index in [1.807, 2.05) is 36.5 Å². The molecule has 2 N–H and O–H groups in total. The van der Waals surface area contributed by atoms with E-state index in [9.17, 15) is 9.59 Å². The first-order valence-electron chi connectivity index (χ1n) is 6.95. The Labute approximate surface area is 132 Å². The molecule has 1 aromatic heterocycles. The number of nitrogens with zero attached hydrogens (tertiary/aromatic N) is 2. The van der Waals surface area contributed by atoms with E-state index < -0.39 is 4.75 Å². The average Bonchev–Trinajstić information content (AvgIpc) is 3.01. The van der Waals surface area contributed by atoms with Crippen molar-refractivity contribution < 1.29 is 9.59 Å². The number of hydrogen-bond acceptors (Lipinski definition) is 4. The summed E-state index contributed by atoms with van der Waals surface area (Å²) in [7, 11) is 0. The molecule has 7 heteroatoms. The van der Waals surface area contributed by atoms with Gasteiger partial charge < -0.3 is 10.6 Å². The van der Waals surface area contributed by atoms with Crippen molar-refractivity contribution in [3.63, 3.8) is 0 Å². The lowest BCUT2D eigenvalue weighted by molar-refractivity contribution is -0.129. The first-order valence-corrected chi connectivity index (χ1v) is 7.76. The zero-order valence-corrected chi connectivity index (χ0v) is 12.9. The molecule has 1 atom stereocenters. The van der Waals surface area contributed by atoms with Crippen LogP contribution in [-0.2, 0) is 16.1 Å². The van der Waals surface area contributed by atoms with Crippen LogP contribution >= 0.6 is 11.8 Å². The standard InChI is InChI=1S/C15H16N4O2S/c1-15(13(20)16-8-10-19-9-4-7-17-19)14(21)18-11-5-2-3-6-12(11)22-15/h2-7,9H,8,10H2,1H3,(H,16,20)(H,18,21)/t15-/m0/s1. The van der Waals surface area contributed by atoms with Gasteiger partial charge in [0.25, 0.3) is 0 Å². The van der Waals surface area contributed by atoms with E-state index >= 15 is 0 Å². The quantitative estimate of drug-likeness (QED) is 0.838. The van der Waals surface area contributed by atoms with Crippen molar-refractivity contribution in [2.45, 2.75) is 23.1 Å². The van der Waals surface area contributed by atoms with Gasteiger partial charge in [-0.3, -0.25) is 14.3 Å². The van der Waals surface area contributed by atoms with Gasteiger partial charge in [0.05, 0.1) is 12.2 Å². The first-order chi connectivity index (χ1) is 10.6. The van der Waals surface area contributed by atoms with Crippen LogP contribution in [0.3, 0.4) is 0 Å². The Morgan fingerprint density at radius 2 is 2.23 bits per heavy atom. The Morgan fingerprint density at radius 1 is 1.41 bits per heavy atom. The highest BCUT2D eigenvalue weighted by Gasteiger charge is 2.45. The SMILES string of the molecule is C[C@@]1(C(=O)NCCn2cccn2)Sc2ccccc2NC1=O. The Hall–Kier alpha value is -2.28. The van der Waals surface area contributed by atoms with E-state index in [2.05, 4.69) is 15.7 Å². The Kier molecular flexibility index (Phi) is 3.89. The van der Waals surface area contributed by atoms with Crippen molar-refractivity contribution in [1.82, 2.24) is 15.1 Å². The minimum Gasteiger partial charge on any atom is -0.353 e. The van der Waals surface area contributed by atoms with Crippen LogP contribution in [0.4, 0.5) is 5.69 Å². The zero-order valence-electron chi connectivity index (χ0n) is 12.1. The summed E-state index contributed by atoms with van der Waals surface area (Å²) in [5.74, 6) is -0.593. The molecule has 0 aliphatic carbocycles. The summed E-state index contributed by atoms with van der Waals surface area (Å²) in [6.07, 6.45) is 3.51. The van der Waals surface area contributed by atoms with E-state index in [1.165, 1.54) is 11.8 Å². The van der Waals surface area contributed by atoms with Gasteiger partial charge in [-0.15, -0.1) is 0 Å². The smallest absolute Gasteiger partial charge is 0.250 e. The second-order valence-corrected chi connectivity index (χ2v) is 6.57. The number of anilines is 1. The lowest BCUT2D eigenvalue weighted by Crippen LogP contribution is -2.52. The molecule has 0 saturated heterocycles. The largest absolute Gasteiger partial charge is 0.353 e. The molecule has 114 valence electrons. The summed E-state index contributed by atoms with van der Waals surface area (Å²) < 4.78 is 0.560. The number of fused-ring (bicyclic) bond motifs is 1. The van der Waals surface area contributed by atoms with Crippen molar-refractivity contribution in [2.75, 3.05) is 11.9 Å². The van der Waals surface area contributed by atoms with Crippen LogP contribution in [0, 0.1) is 0 Å². The highest BCUT2D eigenvalue weighted by atomic mass is 32.2. The number of hydrogen-bond donors (Lipinski definition) is 2. The van der Waals surface area contributed by atoms with Crippen molar-refractivity contribution >= 4 is 29.3 Å². The predicted molar refractivity (Wildman–Crippen MR) is 84.6 cm³/mol. The van der Waals surface area contributed by atoms with Gasteiger partial charge in [-0.1, -0.05) is 23.9 Å². The molecule has 2 heterocycles. The van der Waals surface area contributed by atoms with Gasteiger partial charge in [0.15, 0.2) is 4.75 Å². The third kappa shape index (κ3) is 2.71. The number of carbonyl (C=O) groups excluding carboxylic acids is 2. The summed E-state index contributed by atoms with van der Waals surface area (Å²) in [5.41, 5.74) is 0.749. The summed E-state index contributed by atoms with van der Waals surface area (Å²) in [5, 5.41) is 9.68. The highest BCUT2D eigenvalue weighted by molar-refractivity contribution is 8.02. The molecule has 0 saturated carbocycles. The molecule has 1 aliphatic rings. The molecule has 6 nitrogen and oxygen atoms in total. The van der Waals surface area contributed by atoms with Crippen molar-refractivity contribution in [3.8, 4) is 0 Å². The van der Waals surface area contributed by atoms with Gasteiger partial charge in [0.1, 0.15) is 0 Å². The number of carbonyl (C=O) groups is 2. The second-order valence-electron chi connectivity index (χ2n) is 5.11. The fraction of sp³-hybridized carbons (Fsp3) is 0.267. The fourth-order valence-electron chi connectivity index (χ4n) is 2.20. The topological polar surface area (TPSA) is 76.0 Å². The van der Waals surface area contributed by atoms with Crippen LogP contribution in [0.25, 0.3) is 0 Å². The maximum Gasteiger partial charge on any atom is 0.250 e. The number of benzene rings is 1. The van der Waals surface area contributed by atoms with Gasteiger partial charge >= 0.3 is 0 Å². The van der Waals surface area contributed by atoms with E-state index in [4.69, 9.17) is 0 Å². The normalized spacial score (nSPS) is 20.1. The van der Waals surface area contributed by atoms with Crippen LogP contribution in [0.1, 0.15) is 6.92 Å². The van der Waals surface area contributed by atoms with Gasteiger partial charge in [-0.25, -0.2) is 0 Å². The maximum absolute atomic E-state index is 12.4. The average molecular weight is 316 g/mol. The molecule has 0 spiro atoms. The number of para-hydroxylation sites is 1. The van der Waals surface area contributed by atoms with E-state index in [-0.39, 0.29) is 11.8 Å². The fourth-order valence-corrected chi connectivity index (χ4v) is 3.33. The van der Waals surface area contributed by atoms with E-state index in [0.717, 1.165) is 10.6 Å². The molecule has 0 unspecified atom stereocenters. The Morgan fingerprint density at radius 3 is 3.00 bits per heavy atom. The van der Waals surface area contributed by atoms with Crippen LogP contribution < -0.4 is 10.6 Å². The number of thioether (sulfide) groups is 1. The number of amides is 2. The molecule has 0 radical (unpaired) electrons. The number of rotatable bonds is 4. The first kappa shape index (κ1) is 14.6. The molecule has 3 rings (SSSR count). The number of aromatic nitrogens is 2. The molecule has 22 heavy (non-hydrogen) atoms. The molecular weight excluding hydrogens is 300 g/mol. The van der Waals surface area contributed by atoms with Crippen LogP contribution in [-0.4, -0.2) is 32.9 Å². The molecule has 2 amide bonds. The summed E-state index contributed by atoms with van der Waals surface area (Å²) in [6, 6.07) is 9.29. The summed E-state index contributed by atoms with van der Waals surface area (Å²) >= 11 is 1.28. The summed E-state index contributed by atoms with van der Waals surface area (Å²) in [4.78, 5) is 25.6. The number of nitrogens with one attached hydrogen (secondary N) is 2. The maximum atomic E-state index is 12.4. The van der Waals surface area contributed by atoms with Crippen LogP contribution in [0.5, 0.6) is 0 Å². The monoisotopic (exact) mass is 316 g/mol. The zero-order chi connectivity index (χ0) is 15.6. The van der Waals surface area contributed by atoms with Gasteiger partial charge in [0, 0.05) is 23.8 Å². The van der Waals surface area contributed by atoms with Gasteiger partial charge in [0.2, 0.25) is 11.8 Å². The minimum absolute atomic E-state index is 0.295. The molecule has 1 aliphatic heterocycles. The van der Waals surface area contributed by atoms with Gasteiger partial charge in [-0.05, 0) is 25.1 Å². The van der Waals surface area contributed by atoms with Crippen molar-refractivity contribution in [1.29, 1.82) is 0 Å².